The number of carbonyl (C=O) groups excluding carboxylic acids is 3. The minimum atomic E-state index is -0.487. The molecule has 150 valence electrons. The van der Waals surface area contributed by atoms with Crippen molar-refractivity contribution in [2.75, 3.05) is 19.3 Å². The molecule has 5 nitrogen and oxygen atoms in total. The third-order valence-corrected chi connectivity index (χ3v) is 5.72. The molecule has 2 aromatic rings. The van der Waals surface area contributed by atoms with Crippen molar-refractivity contribution in [2.45, 2.75) is 5.75 Å². The zero-order chi connectivity index (χ0) is 20.8. The molecule has 1 heterocycles. The SMILES string of the molecule is CSCc1cccc(C(=O)NCCN2C(=O)S/C(=C\c3ccccc3F)C2=O)c1. The second kappa shape index (κ2) is 9.76. The molecule has 1 aliphatic heterocycles. The van der Waals surface area contributed by atoms with Gasteiger partial charge in [0.05, 0.1) is 4.91 Å². The fourth-order valence-corrected chi connectivity index (χ4v) is 4.15. The second-order valence-corrected chi connectivity index (χ2v) is 8.10. The molecule has 0 aromatic heterocycles. The molecule has 0 atom stereocenters. The van der Waals surface area contributed by atoms with Gasteiger partial charge in [-0.25, -0.2) is 4.39 Å². The Balaban J connectivity index is 1.59. The maximum Gasteiger partial charge on any atom is 0.293 e. The lowest BCUT2D eigenvalue weighted by atomic mass is 10.1. The summed E-state index contributed by atoms with van der Waals surface area (Å²) in [7, 11) is 0. The van der Waals surface area contributed by atoms with E-state index in [1.807, 2.05) is 24.5 Å². The van der Waals surface area contributed by atoms with Gasteiger partial charge >= 0.3 is 0 Å². The summed E-state index contributed by atoms with van der Waals surface area (Å²) in [5, 5.41) is 2.29. The van der Waals surface area contributed by atoms with E-state index in [0.29, 0.717) is 5.56 Å². The first kappa shape index (κ1) is 21.1. The minimum absolute atomic E-state index is 0.0511. The van der Waals surface area contributed by atoms with Crippen molar-refractivity contribution in [2.24, 2.45) is 0 Å². The number of hydrogen-bond acceptors (Lipinski definition) is 5. The molecule has 1 saturated heterocycles. The van der Waals surface area contributed by atoms with E-state index in [2.05, 4.69) is 5.32 Å². The maximum absolute atomic E-state index is 13.8. The van der Waals surface area contributed by atoms with Crippen molar-refractivity contribution >= 4 is 46.7 Å². The van der Waals surface area contributed by atoms with Crippen LogP contribution < -0.4 is 5.32 Å². The average Bonchev–Trinajstić information content (AvgIpc) is 2.97. The fraction of sp³-hybridized carbons (Fsp3) is 0.190. The first-order valence-corrected chi connectivity index (χ1v) is 11.1. The van der Waals surface area contributed by atoms with Crippen molar-refractivity contribution in [3.63, 3.8) is 0 Å². The summed E-state index contributed by atoms with van der Waals surface area (Å²) in [6, 6.07) is 13.4. The number of amides is 3. The lowest BCUT2D eigenvalue weighted by Gasteiger charge is -2.13. The van der Waals surface area contributed by atoms with Crippen LogP contribution in [0, 0.1) is 5.82 Å². The van der Waals surface area contributed by atoms with Crippen molar-refractivity contribution < 1.29 is 18.8 Å². The summed E-state index contributed by atoms with van der Waals surface area (Å²) in [4.78, 5) is 38.2. The molecule has 0 spiro atoms. The molecule has 29 heavy (non-hydrogen) atoms. The molecule has 0 aliphatic carbocycles. The molecule has 1 N–H and O–H groups in total. The fourth-order valence-electron chi connectivity index (χ4n) is 2.78. The maximum atomic E-state index is 13.8. The Morgan fingerprint density at radius 3 is 2.76 bits per heavy atom. The number of nitrogens with one attached hydrogen (secondary N) is 1. The third-order valence-electron chi connectivity index (χ3n) is 4.19. The van der Waals surface area contributed by atoms with Gasteiger partial charge in [0.15, 0.2) is 0 Å². The summed E-state index contributed by atoms with van der Waals surface area (Å²) < 4.78 is 13.8. The Kier molecular flexibility index (Phi) is 7.11. The number of hydrogen-bond donors (Lipinski definition) is 1. The van der Waals surface area contributed by atoms with Gasteiger partial charge in [-0.3, -0.25) is 19.3 Å². The van der Waals surface area contributed by atoms with Gasteiger partial charge in [0, 0.05) is 30.0 Å². The average molecular weight is 431 g/mol. The number of halogens is 1. The lowest BCUT2D eigenvalue weighted by molar-refractivity contribution is -0.122. The van der Waals surface area contributed by atoms with Gasteiger partial charge in [0.1, 0.15) is 5.82 Å². The lowest BCUT2D eigenvalue weighted by Crippen LogP contribution is -2.37. The van der Waals surface area contributed by atoms with Gasteiger partial charge < -0.3 is 5.32 Å². The molecule has 0 bridgehead atoms. The number of rotatable bonds is 7. The van der Waals surface area contributed by atoms with Gasteiger partial charge in [-0.1, -0.05) is 30.3 Å². The molecular weight excluding hydrogens is 411 g/mol. The smallest absolute Gasteiger partial charge is 0.293 e. The monoisotopic (exact) mass is 430 g/mol. The van der Waals surface area contributed by atoms with E-state index in [-0.39, 0.29) is 29.5 Å². The summed E-state index contributed by atoms with van der Waals surface area (Å²) in [5.74, 6) is -0.400. The highest BCUT2D eigenvalue weighted by atomic mass is 32.2. The Hall–Kier alpha value is -2.58. The van der Waals surface area contributed by atoms with Gasteiger partial charge in [-0.2, -0.15) is 11.8 Å². The largest absolute Gasteiger partial charge is 0.350 e. The Morgan fingerprint density at radius 1 is 1.21 bits per heavy atom. The van der Waals surface area contributed by atoms with E-state index in [1.165, 1.54) is 18.2 Å². The highest BCUT2D eigenvalue weighted by Gasteiger charge is 2.34. The van der Waals surface area contributed by atoms with Crippen molar-refractivity contribution in [1.29, 1.82) is 0 Å². The van der Waals surface area contributed by atoms with Crippen LogP contribution in [0.1, 0.15) is 21.5 Å². The predicted octanol–water partition coefficient (Wildman–Crippen LogP) is 4.16. The van der Waals surface area contributed by atoms with Gasteiger partial charge in [-0.15, -0.1) is 0 Å². The minimum Gasteiger partial charge on any atom is -0.350 e. The Morgan fingerprint density at radius 2 is 2.00 bits per heavy atom. The van der Waals surface area contributed by atoms with Crippen LogP contribution in [-0.4, -0.2) is 41.3 Å². The first-order chi connectivity index (χ1) is 14.0. The van der Waals surface area contributed by atoms with E-state index in [4.69, 9.17) is 0 Å². The van der Waals surface area contributed by atoms with Crippen molar-refractivity contribution in [1.82, 2.24) is 10.2 Å². The standard InChI is InChI=1S/C21H19FN2O3S2/c1-28-13-14-5-4-7-16(11-14)19(25)23-9-10-24-20(26)18(29-21(24)27)12-15-6-2-3-8-17(15)22/h2-8,11-12H,9-10,13H2,1H3,(H,23,25)/b18-12-. The Labute approximate surface area is 176 Å². The highest BCUT2D eigenvalue weighted by molar-refractivity contribution is 8.18. The Bertz CT molecular complexity index is 978. The van der Waals surface area contributed by atoms with E-state index in [0.717, 1.165) is 28.0 Å². The second-order valence-electron chi connectivity index (χ2n) is 6.24. The zero-order valence-corrected chi connectivity index (χ0v) is 17.3. The molecule has 1 aliphatic rings. The summed E-state index contributed by atoms with van der Waals surface area (Å²) >= 11 is 2.43. The summed E-state index contributed by atoms with van der Waals surface area (Å²) in [5.41, 5.74) is 1.83. The normalized spacial score (nSPS) is 15.2. The summed E-state index contributed by atoms with van der Waals surface area (Å²) in [6.07, 6.45) is 3.36. The van der Waals surface area contributed by atoms with Crippen molar-refractivity contribution in [3.05, 3.63) is 75.9 Å². The van der Waals surface area contributed by atoms with Crippen LogP contribution in [-0.2, 0) is 10.5 Å². The molecule has 8 heteroatoms. The zero-order valence-electron chi connectivity index (χ0n) is 15.7. The molecule has 0 radical (unpaired) electrons. The van der Waals surface area contributed by atoms with Gasteiger partial charge in [0.25, 0.3) is 17.1 Å². The number of carbonyl (C=O) groups is 3. The molecule has 1 fully saturated rings. The summed E-state index contributed by atoms with van der Waals surface area (Å²) in [6.45, 7) is 0.187. The topological polar surface area (TPSA) is 66.5 Å². The third kappa shape index (κ3) is 5.27. The first-order valence-electron chi connectivity index (χ1n) is 8.85. The van der Waals surface area contributed by atoms with E-state index in [1.54, 1.807) is 30.0 Å². The highest BCUT2D eigenvalue weighted by Crippen LogP contribution is 2.32. The molecular formula is C21H19FN2O3S2. The molecule has 0 saturated carbocycles. The molecule has 0 unspecified atom stereocenters. The van der Waals surface area contributed by atoms with Gasteiger partial charge in [0.2, 0.25) is 0 Å². The van der Waals surface area contributed by atoms with Crippen LogP contribution in [0.4, 0.5) is 9.18 Å². The van der Waals surface area contributed by atoms with Crippen LogP contribution in [0.2, 0.25) is 0 Å². The number of thioether (sulfide) groups is 2. The molecule has 2 aromatic carbocycles. The van der Waals surface area contributed by atoms with Crippen LogP contribution in [0.15, 0.2) is 53.4 Å². The number of benzene rings is 2. The van der Waals surface area contributed by atoms with Gasteiger partial charge in [-0.05, 0) is 47.9 Å². The van der Waals surface area contributed by atoms with Crippen molar-refractivity contribution in [3.8, 4) is 0 Å². The van der Waals surface area contributed by atoms with Crippen LogP contribution in [0.5, 0.6) is 0 Å². The van der Waals surface area contributed by atoms with E-state index >= 15 is 0 Å². The molecule has 3 rings (SSSR count). The number of nitrogens with zero attached hydrogens (tertiary/aromatic N) is 1. The number of imide groups is 1. The van der Waals surface area contributed by atoms with E-state index in [9.17, 15) is 18.8 Å². The quantitative estimate of drug-likeness (QED) is 0.669. The van der Waals surface area contributed by atoms with Crippen LogP contribution in [0.25, 0.3) is 6.08 Å². The van der Waals surface area contributed by atoms with Crippen LogP contribution >= 0.6 is 23.5 Å². The predicted molar refractivity (Wildman–Crippen MR) is 115 cm³/mol. The van der Waals surface area contributed by atoms with Crippen LogP contribution in [0.3, 0.4) is 0 Å². The van der Waals surface area contributed by atoms with E-state index < -0.39 is 17.0 Å². The molecule has 3 amide bonds.